The lowest BCUT2D eigenvalue weighted by molar-refractivity contribution is -0.305. The molecular weight excluding hydrogens is 494 g/mol. The predicted octanol–water partition coefficient (Wildman–Crippen LogP) is 2.46. The minimum absolute atomic E-state index is 0.000838. The number of aliphatic hydroxyl groups excluding tert-OH is 1. The van der Waals surface area contributed by atoms with Gasteiger partial charge in [0, 0.05) is 24.4 Å². The zero-order chi connectivity index (χ0) is 26.3. The second kappa shape index (κ2) is 10.2. The van der Waals surface area contributed by atoms with Crippen molar-refractivity contribution in [3.8, 4) is 0 Å². The number of aliphatic hydroxyl groups is 1. The predicted molar refractivity (Wildman–Crippen MR) is 128 cm³/mol. The summed E-state index contributed by atoms with van der Waals surface area (Å²) in [5.74, 6) is -1.84. The molecule has 1 heterocycles. The van der Waals surface area contributed by atoms with Gasteiger partial charge in [-0.2, -0.15) is 0 Å². The Labute approximate surface area is 211 Å². The molecule has 202 valence electrons. The van der Waals surface area contributed by atoms with E-state index in [1.165, 1.54) is 12.1 Å². The average Bonchev–Trinajstić information content (AvgIpc) is 2.77. The number of carbonyl (C=O) groups is 1. The first kappa shape index (κ1) is 27.4. The van der Waals surface area contributed by atoms with Crippen LogP contribution in [-0.2, 0) is 30.8 Å². The number of halogens is 2. The largest absolute Gasteiger partial charge is 0.393 e. The Kier molecular flexibility index (Phi) is 7.79. The summed E-state index contributed by atoms with van der Waals surface area (Å²) in [4.78, 5) is 12.9. The topological polar surface area (TPSA) is 114 Å². The van der Waals surface area contributed by atoms with Crippen molar-refractivity contribution in [1.29, 1.82) is 0 Å². The van der Waals surface area contributed by atoms with Crippen molar-refractivity contribution in [3.63, 3.8) is 0 Å². The molecule has 1 aliphatic heterocycles. The minimum Gasteiger partial charge on any atom is -0.393 e. The standard InChI is InChI=1S/C25H36F2N2O6S/c1-24-7-6-21-25(2,14-34-23(35-21)13-29-36(3,32)33)20(24)5-4-19(30)18(24)11-22(31)28-12-15-8-16(26)10-17(27)9-15/h8-10,18-21,23,29-30H,4-7,11-14H2,1-3H3,(H,28,31)/t18-,19-,20+,21-,23-,24+,25+/m1/s1. The fourth-order valence-corrected chi connectivity index (χ4v) is 7.24. The van der Waals surface area contributed by atoms with E-state index in [-0.39, 0.29) is 54.2 Å². The lowest BCUT2D eigenvalue weighted by atomic mass is 9.46. The average molecular weight is 531 g/mol. The third kappa shape index (κ3) is 5.75. The van der Waals surface area contributed by atoms with Gasteiger partial charge < -0.3 is 19.9 Å². The summed E-state index contributed by atoms with van der Waals surface area (Å²) in [5.41, 5.74) is -0.350. The molecule has 1 aromatic rings. The molecule has 4 rings (SSSR count). The number of nitrogens with one attached hydrogen (secondary N) is 2. The molecule has 3 fully saturated rings. The molecule has 8 nitrogen and oxygen atoms in total. The Morgan fingerprint density at radius 3 is 2.50 bits per heavy atom. The summed E-state index contributed by atoms with van der Waals surface area (Å²) >= 11 is 0. The first-order valence-electron chi connectivity index (χ1n) is 12.4. The molecule has 2 aliphatic carbocycles. The Bertz CT molecular complexity index is 1070. The summed E-state index contributed by atoms with van der Waals surface area (Å²) in [6.45, 7) is 4.69. The van der Waals surface area contributed by atoms with E-state index in [9.17, 15) is 27.1 Å². The van der Waals surface area contributed by atoms with Crippen molar-refractivity contribution in [3.05, 3.63) is 35.4 Å². The van der Waals surface area contributed by atoms with Crippen LogP contribution in [0.25, 0.3) is 0 Å². The number of rotatable bonds is 7. The molecule has 0 radical (unpaired) electrons. The van der Waals surface area contributed by atoms with Crippen LogP contribution < -0.4 is 10.0 Å². The second-order valence-corrected chi connectivity index (χ2v) is 12.9. The fourth-order valence-electron chi connectivity index (χ4n) is 6.80. The van der Waals surface area contributed by atoms with Gasteiger partial charge in [-0.05, 0) is 60.6 Å². The summed E-state index contributed by atoms with van der Waals surface area (Å²) in [5, 5.41) is 13.7. The van der Waals surface area contributed by atoms with Gasteiger partial charge in [0.25, 0.3) is 0 Å². The first-order valence-corrected chi connectivity index (χ1v) is 14.3. The lowest BCUT2D eigenvalue weighted by Gasteiger charge is -2.63. The summed E-state index contributed by atoms with van der Waals surface area (Å²) in [6.07, 6.45) is 2.54. The summed E-state index contributed by atoms with van der Waals surface area (Å²) in [6, 6.07) is 3.14. The Morgan fingerprint density at radius 2 is 1.83 bits per heavy atom. The van der Waals surface area contributed by atoms with E-state index in [4.69, 9.17) is 9.47 Å². The normalized spacial score (nSPS) is 36.6. The maximum atomic E-state index is 13.5. The van der Waals surface area contributed by atoms with Crippen molar-refractivity contribution >= 4 is 15.9 Å². The maximum absolute atomic E-state index is 13.5. The fraction of sp³-hybridized carbons (Fsp3) is 0.720. The first-order chi connectivity index (χ1) is 16.8. The summed E-state index contributed by atoms with van der Waals surface area (Å²) < 4.78 is 64.4. The molecule has 36 heavy (non-hydrogen) atoms. The molecule has 3 aliphatic rings. The van der Waals surface area contributed by atoms with Crippen LogP contribution in [0.2, 0.25) is 0 Å². The number of carbonyl (C=O) groups excluding carboxylic acids is 1. The molecule has 3 N–H and O–H groups in total. The quantitative estimate of drug-likeness (QED) is 0.499. The lowest BCUT2D eigenvalue weighted by Crippen LogP contribution is -2.63. The number of amides is 1. The van der Waals surface area contributed by atoms with Crippen LogP contribution in [0.1, 0.15) is 51.5 Å². The van der Waals surface area contributed by atoms with Crippen molar-refractivity contribution in [2.75, 3.05) is 19.4 Å². The second-order valence-electron chi connectivity index (χ2n) is 11.1. The molecule has 1 aromatic carbocycles. The molecular formula is C25H36F2N2O6S. The third-order valence-electron chi connectivity index (χ3n) is 8.56. The maximum Gasteiger partial charge on any atom is 0.220 e. The highest BCUT2D eigenvalue weighted by Gasteiger charge is 2.61. The zero-order valence-electron chi connectivity index (χ0n) is 20.9. The van der Waals surface area contributed by atoms with E-state index >= 15 is 0 Å². The Hall–Kier alpha value is -1.66. The SMILES string of the molecule is C[C@@]12CO[C@@H](CNS(C)(=O)=O)O[C@@H]1CC[C@]1(C)[C@@H]2CC[C@@H](O)[C@H]1CC(=O)NCc1cc(F)cc(F)c1. The zero-order valence-corrected chi connectivity index (χ0v) is 21.7. The Morgan fingerprint density at radius 1 is 1.14 bits per heavy atom. The van der Waals surface area contributed by atoms with Crippen molar-refractivity contribution in [2.45, 2.75) is 71.0 Å². The molecule has 1 amide bonds. The van der Waals surface area contributed by atoms with E-state index in [2.05, 4.69) is 23.9 Å². The molecule has 1 saturated heterocycles. The van der Waals surface area contributed by atoms with Crippen LogP contribution in [0.3, 0.4) is 0 Å². The van der Waals surface area contributed by atoms with Gasteiger partial charge in [-0.25, -0.2) is 21.9 Å². The number of hydrogen-bond donors (Lipinski definition) is 3. The number of benzene rings is 1. The molecule has 11 heteroatoms. The van der Waals surface area contributed by atoms with Crippen LogP contribution >= 0.6 is 0 Å². The number of sulfonamides is 1. The van der Waals surface area contributed by atoms with Crippen LogP contribution in [0.15, 0.2) is 18.2 Å². The number of ether oxygens (including phenoxy) is 2. The van der Waals surface area contributed by atoms with E-state index in [1.54, 1.807) is 0 Å². The van der Waals surface area contributed by atoms with Crippen molar-refractivity contribution < 1.29 is 36.6 Å². The monoisotopic (exact) mass is 530 g/mol. The highest BCUT2D eigenvalue weighted by Crippen LogP contribution is 2.62. The van der Waals surface area contributed by atoms with Gasteiger partial charge in [-0.1, -0.05) is 13.8 Å². The number of fused-ring (bicyclic) bond motifs is 3. The third-order valence-corrected chi connectivity index (χ3v) is 9.25. The van der Waals surface area contributed by atoms with Gasteiger partial charge >= 0.3 is 0 Å². The van der Waals surface area contributed by atoms with Gasteiger partial charge in [-0.3, -0.25) is 4.79 Å². The van der Waals surface area contributed by atoms with E-state index in [0.29, 0.717) is 25.0 Å². The van der Waals surface area contributed by atoms with Crippen LogP contribution in [0, 0.1) is 34.3 Å². The molecule has 7 atom stereocenters. The minimum atomic E-state index is -3.36. The summed E-state index contributed by atoms with van der Waals surface area (Å²) in [7, 11) is -3.36. The van der Waals surface area contributed by atoms with Gasteiger partial charge in [0.15, 0.2) is 6.29 Å². The van der Waals surface area contributed by atoms with E-state index in [1.807, 2.05) is 0 Å². The smallest absolute Gasteiger partial charge is 0.220 e. The van der Waals surface area contributed by atoms with E-state index < -0.39 is 34.1 Å². The van der Waals surface area contributed by atoms with E-state index in [0.717, 1.165) is 25.2 Å². The van der Waals surface area contributed by atoms with Crippen LogP contribution in [0.4, 0.5) is 8.78 Å². The van der Waals surface area contributed by atoms with Crippen molar-refractivity contribution in [1.82, 2.24) is 10.0 Å². The molecule has 0 spiro atoms. The van der Waals surface area contributed by atoms with Gasteiger partial charge in [-0.15, -0.1) is 0 Å². The Balaban J connectivity index is 1.43. The molecule has 0 aromatic heterocycles. The highest BCUT2D eigenvalue weighted by molar-refractivity contribution is 7.88. The van der Waals surface area contributed by atoms with Crippen LogP contribution in [-0.4, -0.2) is 57.3 Å². The van der Waals surface area contributed by atoms with Gasteiger partial charge in [0.1, 0.15) is 11.6 Å². The molecule has 0 unspecified atom stereocenters. The number of hydrogen-bond acceptors (Lipinski definition) is 6. The molecule has 0 bridgehead atoms. The van der Waals surface area contributed by atoms with Gasteiger partial charge in [0.2, 0.25) is 15.9 Å². The highest BCUT2D eigenvalue weighted by atomic mass is 32.2. The van der Waals surface area contributed by atoms with Crippen LogP contribution in [0.5, 0.6) is 0 Å². The van der Waals surface area contributed by atoms with Gasteiger partial charge in [0.05, 0.1) is 31.6 Å². The molecule has 2 saturated carbocycles. The van der Waals surface area contributed by atoms with Crippen molar-refractivity contribution in [2.24, 2.45) is 22.7 Å².